The summed E-state index contributed by atoms with van der Waals surface area (Å²) in [7, 11) is 3.42. The molecule has 0 aromatic heterocycles. The van der Waals surface area contributed by atoms with E-state index in [2.05, 4.69) is 33.0 Å². The van der Waals surface area contributed by atoms with Crippen LogP contribution in [-0.4, -0.2) is 55.4 Å². The van der Waals surface area contributed by atoms with Gasteiger partial charge in [-0.3, -0.25) is 9.59 Å². The average Bonchev–Trinajstić information content (AvgIpc) is 3.50. The third kappa shape index (κ3) is 4.67. The number of carbonyl (C=O) groups excluding carboxylic acids is 2. The van der Waals surface area contributed by atoms with Gasteiger partial charge in [0, 0.05) is 31.7 Å². The summed E-state index contributed by atoms with van der Waals surface area (Å²) >= 11 is 10.00. The lowest BCUT2D eigenvalue weighted by Crippen LogP contribution is -2.53. The largest absolute Gasteiger partial charge is 0.494 e. The van der Waals surface area contributed by atoms with Gasteiger partial charge in [-0.25, -0.2) is 0 Å². The summed E-state index contributed by atoms with van der Waals surface area (Å²) in [5.41, 5.74) is 1.68. The summed E-state index contributed by atoms with van der Waals surface area (Å²) in [5.74, 6) is 1.56. The van der Waals surface area contributed by atoms with Gasteiger partial charge in [-0.05, 0) is 79.7 Å². The van der Waals surface area contributed by atoms with Crippen LogP contribution in [-0.2, 0) is 10.2 Å². The van der Waals surface area contributed by atoms with Crippen LogP contribution in [0.25, 0.3) is 0 Å². The lowest BCUT2D eigenvalue weighted by atomic mass is 9.63. The number of halogens is 2. The third-order valence-corrected chi connectivity index (χ3v) is 9.73. The van der Waals surface area contributed by atoms with Crippen molar-refractivity contribution >= 4 is 39.3 Å². The summed E-state index contributed by atoms with van der Waals surface area (Å²) in [6.07, 6.45) is 7.42. The van der Waals surface area contributed by atoms with Crippen LogP contribution in [0, 0.1) is 11.3 Å². The predicted octanol–water partition coefficient (Wildman–Crippen LogP) is 6.32. The van der Waals surface area contributed by atoms with Crippen LogP contribution < -0.4 is 4.74 Å². The molecule has 1 saturated heterocycles. The predicted molar refractivity (Wildman–Crippen MR) is 146 cm³/mol. The Hall–Kier alpha value is -2.05. The van der Waals surface area contributed by atoms with Crippen molar-refractivity contribution in [3.05, 3.63) is 63.1 Å². The first-order valence-electron chi connectivity index (χ1n) is 12.9. The number of benzene rings is 2. The van der Waals surface area contributed by atoms with Crippen LogP contribution >= 0.6 is 27.5 Å². The Kier molecular flexibility index (Phi) is 7.12. The van der Waals surface area contributed by atoms with Crippen LogP contribution in [0.15, 0.2) is 46.9 Å². The van der Waals surface area contributed by atoms with Crippen molar-refractivity contribution in [3.8, 4) is 5.75 Å². The fourth-order valence-corrected chi connectivity index (χ4v) is 7.12. The zero-order chi connectivity index (χ0) is 25.5. The highest BCUT2D eigenvalue weighted by Crippen LogP contribution is 2.61. The number of carbonyl (C=O) groups is 2. The van der Waals surface area contributed by atoms with Crippen LogP contribution in [0.4, 0.5) is 0 Å². The third-order valence-electron chi connectivity index (χ3n) is 8.72. The summed E-state index contributed by atoms with van der Waals surface area (Å²) in [6, 6.07) is 13.5. The molecule has 0 bridgehead atoms. The molecule has 3 fully saturated rings. The van der Waals surface area contributed by atoms with E-state index in [4.69, 9.17) is 16.3 Å². The van der Waals surface area contributed by atoms with E-state index >= 15 is 0 Å². The molecule has 7 heteroatoms. The minimum absolute atomic E-state index is 0.115. The number of nitrogens with zero attached hydrogens (tertiary/aromatic N) is 2. The second kappa shape index (κ2) is 10.0. The van der Waals surface area contributed by atoms with E-state index in [0.717, 1.165) is 61.7 Å². The van der Waals surface area contributed by atoms with Crippen molar-refractivity contribution in [1.29, 1.82) is 0 Å². The first kappa shape index (κ1) is 25.6. The number of hydrogen-bond donors (Lipinski definition) is 0. The Morgan fingerprint density at radius 1 is 1.11 bits per heavy atom. The van der Waals surface area contributed by atoms with Crippen LogP contribution in [0.1, 0.15) is 60.9 Å². The maximum Gasteiger partial charge on any atom is 0.254 e. The van der Waals surface area contributed by atoms with Crippen LogP contribution in [0.5, 0.6) is 5.75 Å². The topological polar surface area (TPSA) is 49.9 Å². The van der Waals surface area contributed by atoms with Gasteiger partial charge in [0.1, 0.15) is 5.75 Å². The molecule has 1 atom stereocenters. The molecule has 5 nitrogen and oxygen atoms in total. The van der Waals surface area contributed by atoms with E-state index in [1.807, 2.05) is 18.2 Å². The minimum Gasteiger partial charge on any atom is -0.494 e. The van der Waals surface area contributed by atoms with Gasteiger partial charge in [0.25, 0.3) is 5.91 Å². The van der Waals surface area contributed by atoms with E-state index in [0.29, 0.717) is 40.2 Å². The normalized spacial score (nSPS) is 21.6. The highest BCUT2D eigenvalue weighted by atomic mass is 79.9. The second-order valence-electron chi connectivity index (χ2n) is 10.9. The first-order valence-corrected chi connectivity index (χ1v) is 14.1. The standard InChI is InChI=1S/C29H34BrClN2O3/c1-32(2)26(34)22-9-8-21(18-25(22)31)36-17-10-20-19-28(20)13-15-33(16-14-28)27(35)29(11-5-12-29)23-6-3-4-7-24(23)30/h3-4,6-9,18,20H,5,10-17,19H2,1-2H3/t20-/m0/s1. The summed E-state index contributed by atoms with van der Waals surface area (Å²) in [6.45, 7) is 2.36. The smallest absolute Gasteiger partial charge is 0.254 e. The van der Waals surface area contributed by atoms with Crippen molar-refractivity contribution in [2.75, 3.05) is 33.8 Å². The molecule has 2 amide bonds. The molecule has 1 spiro atoms. The second-order valence-corrected chi connectivity index (χ2v) is 12.2. The Morgan fingerprint density at radius 2 is 1.83 bits per heavy atom. The molecule has 0 N–H and O–H groups in total. The fraction of sp³-hybridized carbons (Fsp3) is 0.517. The van der Waals surface area contributed by atoms with E-state index in [-0.39, 0.29) is 11.3 Å². The molecule has 1 aliphatic heterocycles. The van der Waals surface area contributed by atoms with Crippen molar-refractivity contribution in [1.82, 2.24) is 9.80 Å². The molecule has 192 valence electrons. The quantitative estimate of drug-likeness (QED) is 0.389. The molecule has 1 heterocycles. The Labute approximate surface area is 227 Å². The minimum atomic E-state index is -0.338. The van der Waals surface area contributed by atoms with Crippen molar-refractivity contribution < 1.29 is 14.3 Å². The van der Waals surface area contributed by atoms with Gasteiger partial charge in [0.05, 0.1) is 22.6 Å². The van der Waals surface area contributed by atoms with Gasteiger partial charge < -0.3 is 14.5 Å². The van der Waals surface area contributed by atoms with Crippen LogP contribution in [0.2, 0.25) is 5.02 Å². The first-order chi connectivity index (χ1) is 17.3. The van der Waals surface area contributed by atoms with Gasteiger partial charge in [0.2, 0.25) is 5.91 Å². The molecule has 2 aliphatic carbocycles. The van der Waals surface area contributed by atoms with Gasteiger partial charge in [0.15, 0.2) is 0 Å². The maximum absolute atomic E-state index is 13.7. The molecular formula is C29H34BrClN2O3. The molecule has 2 aromatic carbocycles. The number of amides is 2. The van der Waals surface area contributed by atoms with Gasteiger partial charge >= 0.3 is 0 Å². The number of ether oxygens (including phenoxy) is 1. The molecule has 5 rings (SSSR count). The molecule has 0 unspecified atom stereocenters. The highest BCUT2D eigenvalue weighted by Gasteiger charge is 2.56. The van der Waals surface area contributed by atoms with E-state index in [9.17, 15) is 9.59 Å². The number of rotatable bonds is 7. The number of hydrogen-bond acceptors (Lipinski definition) is 3. The average molecular weight is 574 g/mol. The SMILES string of the molecule is CN(C)C(=O)c1ccc(OCC[C@H]2CC23CCN(C(=O)C2(c4ccccc4Br)CCC2)CC3)cc1Cl. The summed E-state index contributed by atoms with van der Waals surface area (Å²) < 4.78 is 7.02. The molecule has 2 aromatic rings. The Bertz CT molecular complexity index is 1150. The zero-order valence-electron chi connectivity index (χ0n) is 21.1. The maximum atomic E-state index is 13.7. The van der Waals surface area contributed by atoms with Crippen molar-refractivity contribution in [2.45, 2.75) is 50.4 Å². The lowest BCUT2D eigenvalue weighted by molar-refractivity contribution is -0.142. The number of piperidine rings is 1. The van der Waals surface area contributed by atoms with E-state index in [1.54, 1.807) is 26.2 Å². The summed E-state index contributed by atoms with van der Waals surface area (Å²) in [5, 5.41) is 0.415. The fourth-order valence-electron chi connectivity index (χ4n) is 6.21. The molecular weight excluding hydrogens is 540 g/mol. The molecule has 36 heavy (non-hydrogen) atoms. The lowest BCUT2D eigenvalue weighted by Gasteiger charge is -2.46. The Morgan fingerprint density at radius 3 is 2.44 bits per heavy atom. The van der Waals surface area contributed by atoms with E-state index < -0.39 is 0 Å². The highest BCUT2D eigenvalue weighted by molar-refractivity contribution is 9.10. The zero-order valence-corrected chi connectivity index (χ0v) is 23.4. The van der Waals surface area contributed by atoms with Gasteiger partial charge in [-0.1, -0.05) is 52.2 Å². The molecule has 0 radical (unpaired) electrons. The Balaban J connectivity index is 1.12. The van der Waals surface area contributed by atoms with Gasteiger partial charge in [-0.2, -0.15) is 0 Å². The van der Waals surface area contributed by atoms with Crippen molar-refractivity contribution in [2.24, 2.45) is 11.3 Å². The van der Waals surface area contributed by atoms with Crippen molar-refractivity contribution in [3.63, 3.8) is 0 Å². The molecule has 2 saturated carbocycles. The monoisotopic (exact) mass is 572 g/mol. The van der Waals surface area contributed by atoms with Gasteiger partial charge in [-0.15, -0.1) is 0 Å². The number of likely N-dealkylation sites (tertiary alicyclic amines) is 1. The summed E-state index contributed by atoms with van der Waals surface area (Å²) in [4.78, 5) is 29.5. The van der Waals surface area contributed by atoms with E-state index in [1.165, 1.54) is 11.3 Å². The molecule has 3 aliphatic rings. The van der Waals surface area contributed by atoms with Crippen LogP contribution in [0.3, 0.4) is 0 Å².